The predicted molar refractivity (Wildman–Crippen MR) is 146 cm³/mol. The Hall–Kier alpha value is -4.42. The molecule has 7 aromatic rings. The van der Waals surface area contributed by atoms with Gasteiger partial charge in [0, 0.05) is 0 Å². The summed E-state index contributed by atoms with van der Waals surface area (Å²) in [4.78, 5) is 0. The fraction of sp³-hybridized carbons (Fsp3) is 0. The van der Waals surface area contributed by atoms with E-state index in [2.05, 4.69) is 121 Å². The fourth-order valence-corrected chi connectivity index (χ4v) is 6.09. The second-order valence-electron chi connectivity index (χ2n) is 9.33. The Bertz CT molecular complexity index is 1950. The number of fused-ring (bicyclic) bond motifs is 7. The van der Waals surface area contributed by atoms with Gasteiger partial charge in [-0.3, -0.25) is 0 Å². The molecule has 0 nitrogen and oxygen atoms in total. The van der Waals surface area contributed by atoms with E-state index in [0.29, 0.717) is 0 Å². The van der Waals surface area contributed by atoms with E-state index in [1.165, 1.54) is 76.5 Å². The molecule has 0 saturated carbocycles. The van der Waals surface area contributed by atoms with Crippen LogP contribution in [0.1, 0.15) is 0 Å². The molecular formula is C34H20. The van der Waals surface area contributed by atoms with Crippen LogP contribution in [0.5, 0.6) is 0 Å². The molecule has 8 rings (SSSR count). The molecule has 156 valence electrons. The van der Waals surface area contributed by atoms with E-state index in [1.807, 2.05) is 0 Å². The molecule has 1 aliphatic rings. The van der Waals surface area contributed by atoms with E-state index in [-0.39, 0.29) is 0 Å². The standard InChI is InChI=1S/C34H20/c1-2-8-24-20-31-25(19-23(24)7-1)18-17-22-11-4-13-27(33(22)31)29-15-6-14-28-26-12-3-9-21-10-5-16-30(32(21)26)34(28)29/h1-20H. The molecule has 7 aromatic carbocycles. The van der Waals surface area contributed by atoms with E-state index in [1.54, 1.807) is 0 Å². The first-order chi connectivity index (χ1) is 16.9. The molecule has 0 radical (unpaired) electrons. The van der Waals surface area contributed by atoms with Crippen molar-refractivity contribution in [3.05, 3.63) is 121 Å². The molecule has 0 aromatic heterocycles. The average Bonchev–Trinajstić information content (AvgIpc) is 3.23. The zero-order chi connectivity index (χ0) is 22.2. The normalized spacial score (nSPS) is 12.1. The smallest absolute Gasteiger partial charge is 0.00199 e. The lowest BCUT2D eigenvalue weighted by Gasteiger charge is -2.15. The lowest BCUT2D eigenvalue weighted by Crippen LogP contribution is -1.88. The van der Waals surface area contributed by atoms with Crippen molar-refractivity contribution < 1.29 is 0 Å². The van der Waals surface area contributed by atoms with Gasteiger partial charge >= 0.3 is 0 Å². The van der Waals surface area contributed by atoms with E-state index >= 15 is 0 Å². The third-order valence-electron chi connectivity index (χ3n) is 7.55. The molecule has 0 amide bonds. The summed E-state index contributed by atoms with van der Waals surface area (Å²) in [6, 6.07) is 44.8. The number of hydrogen-bond donors (Lipinski definition) is 0. The zero-order valence-electron chi connectivity index (χ0n) is 18.5. The average molecular weight is 429 g/mol. The van der Waals surface area contributed by atoms with Crippen LogP contribution < -0.4 is 0 Å². The van der Waals surface area contributed by atoms with Crippen LogP contribution >= 0.6 is 0 Å². The molecule has 34 heavy (non-hydrogen) atoms. The summed E-state index contributed by atoms with van der Waals surface area (Å²) < 4.78 is 0. The molecule has 0 aliphatic heterocycles. The van der Waals surface area contributed by atoms with Gasteiger partial charge in [0.15, 0.2) is 0 Å². The lowest BCUT2D eigenvalue weighted by atomic mass is 9.88. The Morgan fingerprint density at radius 3 is 1.53 bits per heavy atom. The topological polar surface area (TPSA) is 0 Å². The summed E-state index contributed by atoms with van der Waals surface area (Å²) in [7, 11) is 0. The molecule has 0 heteroatoms. The molecule has 0 heterocycles. The Morgan fingerprint density at radius 1 is 0.294 bits per heavy atom. The largest absolute Gasteiger partial charge is 0.0616 e. The van der Waals surface area contributed by atoms with Gasteiger partial charge in [-0.25, -0.2) is 0 Å². The van der Waals surface area contributed by atoms with E-state index < -0.39 is 0 Å². The van der Waals surface area contributed by atoms with Crippen LogP contribution in [0.25, 0.3) is 76.5 Å². The molecule has 0 fully saturated rings. The number of hydrogen-bond acceptors (Lipinski definition) is 0. The van der Waals surface area contributed by atoms with Gasteiger partial charge < -0.3 is 0 Å². The van der Waals surface area contributed by atoms with Crippen LogP contribution in [-0.4, -0.2) is 0 Å². The highest BCUT2D eigenvalue weighted by molar-refractivity contribution is 6.22. The second-order valence-corrected chi connectivity index (χ2v) is 9.33. The van der Waals surface area contributed by atoms with Crippen molar-refractivity contribution >= 4 is 43.1 Å². The van der Waals surface area contributed by atoms with Crippen molar-refractivity contribution in [2.75, 3.05) is 0 Å². The minimum Gasteiger partial charge on any atom is -0.0616 e. The van der Waals surface area contributed by atoms with Gasteiger partial charge in [-0.2, -0.15) is 0 Å². The predicted octanol–water partition coefficient (Wildman–Crippen LogP) is 9.61. The van der Waals surface area contributed by atoms with Crippen molar-refractivity contribution in [2.24, 2.45) is 0 Å². The maximum Gasteiger partial charge on any atom is -0.00199 e. The van der Waals surface area contributed by atoms with Crippen molar-refractivity contribution in [1.29, 1.82) is 0 Å². The van der Waals surface area contributed by atoms with Gasteiger partial charge in [0.25, 0.3) is 0 Å². The molecule has 0 N–H and O–H groups in total. The van der Waals surface area contributed by atoms with Gasteiger partial charge in [0.2, 0.25) is 0 Å². The van der Waals surface area contributed by atoms with Crippen LogP contribution in [0.4, 0.5) is 0 Å². The Balaban J connectivity index is 1.52. The summed E-state index contributed by atoms with van der Waals surface area (Å²) in [5.41, 5.74) is 8.02. The third kappa shape index (κ3) is 2.32. The van der Waals surface area contributed by atoms with Crippen LogP contribution in [0.15, 0.2) is 121 Å². The molecule has 0 unspecified atom stereocenters. The minimum absolute atomic E-state index is 1.28. The highest BCUT2D eigenvalue weighted by Crippen LogP contribution is 2.52. The third-order valence-corrected chi connectivity index (χ3v) is 7.55. The van der Waals surface area contributed by atoms with Crippen molar-refractivity contribution in [2.45, 2.75) is 0 Å². The van der Waals surface area contributed by atoms with E-state index in [0.717, 1.165) is 0 Å². The zero-order valence-corrected chi connectivity index (χ0v) is 18.5. The van der Waals surface area contributed by atoms with Crippen LogP contribution in [0, 0.1) is 0 Å². The van der Waals surface area contributed by atoms with Gasteiger partial charge in [-0.15, -0.1) is 0 Å². The Morgan fingerprint density at radius 2 is 0.794 bits per heavy atom. The number of rotatable bonds is 1. The molecule has 0 saturated heterocycles. The maximum absolute atomic E-state index is 2.37. The quantitative estimate of drug-likeness (QED) is 0.180. The molecular weight excluding hydrogens is 408 g/mol. The summed E-state index contributed by atoms with van der Waals surface area (Å²) in [5, 5.41) is 10.5. The molecule has 1 aliphatic carbocycles. The van der Waals surface area contributed by atoms with Crippen LogP contribution in [0.3, 0.4) is 0 Å². The van der Waals surface area contributed by atoms with Crippen molar-refractivity contribution in [1.82, 2.24) is 0 Å². The Kier molecular flexibility index (Phi) is 3.48. The Labute approximate surface area is 197 Å². The fourth-order valence-electron chi connectivity index (χ4n) is 6.09. The summed E-state index contributed by atoms with van der Waals surface area (Å²) in [6.45, 7) is 0. The summed E-state index contributed by atoms with van der Waals surface area (Å²) >= 11 is 0. The van der Waals surface area contributed by atoms with Gasteiger partial charge in [-0.1, -0.05) is 109 Å². The molecule has 0 bridgehead atoms. The highest BCUT2D eigenvalue weighted by Gasteiger charge is 2.24. The molecule has 0 spiro atoms. The molecule has 0 atom stereocenters. The van der Waals surface area contributed by atoms with Gasteiger partial charge in [0.1, 0.15) is 0 Å². The first-order valence-corrected chi connectivity index (χ1v) is 11.9. The van der Waals surface area contributed by atoms with E-state index in [9.17, 15) is 0 Å². The first-order valence-electron chi connectivity index (χ1n) is 11.9. The van der Waals surface area contributed by atoms with Crippen LogP contribution in [-0.2, 0) is 0 Å². The summed E-state index contributed by atoms with van der Waals surface area (Å²) in [5.74, 6) is 0. The highest BCUT2D eigenvalue weighted by atomic mass is 14.3. The van der Waals surface area contributed by atoms with Gasteiger partial charge in [0.05, 0.1) is 0 Å². The van der Waals surface area contributed by atoms with E-state index in [4.69, 9.17) is 0 Å². The minimum atomic E-state index is 1.28. The first kappa shape index (κ1) is 18.1. The van der Waals surface area contributed by atoms with Crippen molar-refractivity contribution in [3.8, 4) is 33.4 Å². The summed E-state index contributed by atoms with van der Waals surface area (Å²) in [6.07, 6.45) is 0. The second kappa shape index (κ2) is 6.56. The monoisotopic (exact) mass is 428 g/mol. The maximum atomic E-state index is 2.37. The number of benzene rings is 7. The lowest BCUT2D eigenvalue weighted by molar-refractivity contribution is 1.65. The van der Waals surface area contributed by atoms with Crippen LogP contribution in [0.2, 0.25) is 0 Å². The van der Waals surface area contributed by atoms with Crippen molar-refractivity contribution in [3.63, 3.8) is 0 Å². The SMILES string of the molecule is c1cc2c(c(-c3cccc4ccc5cc6ccccc6cc5c34)c1)-c1cccc3cccc-2c13. The van der Waals surface area contributed by atoms with Gasteiger partial charge in [-0.05, 0) is 88.6 Å².